The van der Waals surface area contributed by atoms with Gasteiger partial charge in [-0.2, -0.15) is 0 Å². The van der Waals surface area contributed by atoms with Gasteiger partial charge in [0.15, 0.2) is 0 Å². The second-order valence-corrected chi connectivity index (χ2v) is 2.82. The first kappa shape index (κ1) is 9.13. The van der Waals surface area contributed by atoms with E-state index in [9.17, 15) is 0 Å². The van der Waals surface area contributed by atoms with Crippen LogP contribution in [-0.4, -0.2) is 16.5 Å². The minimum atomic E-state index is 0.828. The highest BCUT2D eigenvalue weighted by Gasteiger charge is 1.92. The molecule has 0 bridgehead atoms. The molecule has 0 amide bonds. The number of hydrogen-bond acceptors (Lipinski definition) is 3. The molecule has 3 heteroatoms. The van der Waals surface area contributed by atoms with Crippen LogP contribution in [0.3, 0.4) is 0 Å². The smallest absolute Gasteiger partial charge is 0.125 e. The summed E-state index contributed by atoms with van der Waals surface area (Å²) < 4.78 is 0. The normalized spacial score (nSPS) is 10.2. The van der Waals surface area contributed by atoms with Crippen LogP contribution in [0.25, 0.3) is 0 Å². The molecule has 0 fully saturated rings. The Hall–Kier alpha value is -0.960. The summed E-state index contributed by atoms with van der Waals surface area (Å²) in [5.41, 5.74) is 1.15. The van der Waals surface area contributed by atoms with E-state index in [-0.39, 0.29) is 0 Å². The van der Waals surface area contributed by atoms with Crippen LogP contribution in [0.1, 0.15) is 24.7 Å². The Balaban J connectivity index is 2.37. The molecule has 0 aliphatic carbocycles. The van der Waals surface area contributed by atoms with Crippen molar-refractivity contribution < 1.29 is 0 Å². The van der Waals surface area contributed by atoms with Crippen LogP contribution in [-0.2, 0) is 6.54 Å². The lowest BCUT2D eigenvalue weighted by atomic mass is 10.3. The number of rotatable bonds is 4. The van der Waals surface area contributed by atoms with Crippen molar-refractivity contribution in [1.29, 1.82) is 0 Å². The van der Waals surface area contributed by atoms with Gasteiger partial charge >= 0.3 is 0 Å². The van der Waals surface area contributed by atoms with Crippen LogP contribution in [0, 0.1) is 6.92 Å². The molecular formula is C9H15N3. The van der Waals surface area contributed by atoms with E-state index in [1.54, 1.807) is 0 Å². The van der Waals surface area contributed by atoms with Gasteiger partial charge in [-0.1, -0.05) is 6.92 Å². The molecule has 0 saturated carbocycles. The van der Waals surface area contributed by atoms with Crippen molar-refractivity contribution in [3.05, 3.63) is 23.8 Å². The fourth-order valence-electron chi connectivity index (χ4n) is 0.920. The lowest BCUT2D eigenvalue weighted by Gasteiger charge is -2.01. The number of aromatic nitrogens is 2. The van der Waals surface area contributed by atoms with Gasteiger partial charge in [0.25, 0.3) is 0 Å². The van der Waals surface area contributed by atoms with E-state index in [0.717, 1.165) is 30.9 Å². The van der Waals surface area contributed by atoms with Gasteiger partial charge in [0.2, 0.25) is 0 Å². The van der Waals surface area contributed by atoms with Gasteiger partial charge in [0.1, 0.15) is 5.82 Å². The highest BCUT2D eigenvalue weighted by molar-refractivity contribution is 5.03. The molecule has 0 aliphatic heterocycles. The van der Waals surface area contributed by atoms with Crippen LogP contribution in [0.4, 0.5) is 0 Å². The number of nitrogens with zero attached hydrogens (tertiary/aromatic N) is 2. The van der Waals surface area contributed by atoms with E-state index >= 15 is 0 Å². The summed E-state index contributed by atoms with van der Waals surface area (Å²) in [4.78, 5) is 8.21. The summed E-state index contributed by atoms with van der Waals surface area (Å²) in [7, 11) is 0. The molecule has 66 valence electrons. The van der Waals surface area contributed by atoms with Crippen molar-refractivity contribution in [1.82, 2.24) is 15.3 Å². The Morgan fingerprint density at radius 1 is 1.33 bits per heavy atom. The largest absolute Gasteiger partial charge is 0.313 e. The second-order valence-electron chi connectivity index (χ2n) is 2.82. The molecule has 0 radical (unpaired) electrons. The Bertz CT molecular complexity index is 218. The van der Waals surface area contributed by atoms with Crippen LogP contribution in [0.5, 0.6) is 0 Å². The topological polar surface area (TPSA) is 37.8 Å². The Labute approximate surface area is 73.2 Å². The maximum atomic E-state index is 4.11. The minimum Gasteiger partial charge on any atom is -0.313 e. The van der Waals surface area contributed by atoms with Crippen LogP contribution >= 0.6 is 0 Å². The SMILES string of the molecule is CCCNCc1cnc(C)nc1. The fraction of sp³-hybridized carbons (Fsp3) is 0.556. The van der Waals surface area contributed by atoms with E-state index in [0.29, 0.717) is 0 Å². The van der Waals surface area contributed by atoms with Crippen molar-refractivity contribution in [2.24, 2.45) is 0 Å². The molecule has 1 rings (SSSR count). The standard InChI is InChI=1S/C9H15N3/c1-3-4-10-5-9-6-11-8(2)12-7-9/h6-7,10H,3-5H2,1-2H3. The zero-order chi connectivity index (χ0) is 8.81. The summed E-state index contributed by atoms with van der Waals surface area (Å²) in [6.07, 6.45) is 4.89. The molecule has 12 heavy (non-hydrogen) atoms. The first-order valence-corrected chi connectivity index (χ1v) is 4.31. The first-order chi connectivity index (χ1) is 5.83. The van der Waals surface area contributed by atoms with Crippen molar-refractivity contribution in [2.75, 3.05) is 6.54 Å². The predicted octanol–water partition coefficient (Wildman–Crippen LogP) is 1.28. The van der Waals surface area contributed by atoms with Crippen molar-refractivity contribution >= 4 is 0 Å². The highest BCUT2D eigenvalue weighted by Crippen LogP contribution is 1.94. The average Bonchev–Trinajstić information content (AvgIpc) is 2.09. The summed E-state index contributed by atoms with van der Waals surface area (Å²) in [5.74, 6) is 0.828. The highest BCUT2D eigenvalue weighted by atomic mass is 14.9. The third-order valence-corrected chi connectivity index (χ3v) is 1.59. The third kappa shape index (κ3) is 2.96. The van der Waals surface area contributed by atoms with E-state index in [4.69, 9.17) is 0 Å². The molecule has 0 atom stereocenters. The molecule has 1 aromatic rings. The van der Waals surface area contributed by atoms with Crippen molar-refractivity contribution in [2.45, 2.75) is 26.8 Å². The zero-order valence-electron chi connectivity index (χ0n) is 7.67. The van der Waals surface area contributed by atoms with Gasteiger partial charge in [-0.25, -0.2) is 9.97 Å². The van der Waals surface area contributed by atoms with E-state index < -0.39 is 0 Å². The van der Waals surface area contributed by atoms with E-state index in [1.807, 2.05) is 19.3 Å². The van der Waals surface area contributed by atoms with Gasteiger partial charge < -0.3 is 5.32 Å². The average molecular weight is 165 g/mol. The zero-order valence-corrected chi connectivity index (χ0v) is 7.67. The van der Waals surface area contributed by atoms with Gasteiger partial charge in [0, 0.05) is 24.5 Å². The van der Waals surface area contributed by atoms with Gasteiger partial charge in [-0.3, -0.25) is 0 Å². The Kier molecular flexibility index (Phi) is 3.67. The Morgan fingerprint density at radius 3 is 2.58 bits per heavy atom. The molecule has 3 nitrogen and oxygen atoms in total. The molecule has 0 saturated heterocycles. The number of nitrogens with one attached hydrogen (secondary N) is 1. The molecule has 0 unspecified atom stereocenters. The predicted molar refractivity (Wildman–Crippen MR) is 48.8 cm³/mol. The molecule has 1 aromatic heterocycles. The first-order valence-electron chi connectivity index (χ1n) is 4.31. The summed E-state index contributed by atoms with van der Waals surface area (Å²) in [6.45, 7) is 5.96. The molecule has 0 aromatic carbocycles. The van der Waals surface area contributed by atoms with Crippen LogP contribution in [0.2, 0.25) is 0 Å². The van der Waals surface area contributed by atoms with Crippen molar-refractivity contribution in [3.63, 3.8) is 0 Å². The van der Waals surface area contributed by atoms with Crippen LogP contribution in [0.15, 0.2) is 12.4 Å². The molecule has 1 N–H and O–H groups in total. The van der Waals surface area contributed by atoms with E-state index in [1.165, 1.54) is 0 Å². The molecule has 0 aliphatic rings. The summed E-state index contributed by atoms with van der Waals surface area (Å²) in [5, 5.41) is 3.29. The third-order valence-electron chi connectivity index (χ3n) is 1.59. The molecule has 1 heterocycles. The maximum absolute atomic E-state index is 4.11. The monoisotopic (exact) mass is 165 g/mol. The van der Waals surface area contributed by atoms with E-state index in [2.05, 4.69) is 22.2 Å². The fourth-order valence-corrected chi connectivity index (χ4v) is 0.920. The quantitative estimate of drug-likeness (QED) is 0.683. The van der Waals surface area contributed by atoms with Gasteiger partial charge in [-0.15, -0.1) is 0 Å². The molecular weight excluding hydrogens is 150 g/mol. The number of aryl methyl sites for hydroxylation is 1. The maximum Gasteiger partial charge on any atom is 0.125 e. The molecule has 0 spiro atoms. The number of hydrogen-bond donors (Lipinski definition) is 1. The Morgan fingerprint density at radius 2 is 2.00 bits per heavy atom. The lowest BCUT2D eigenvalue weighted by molar-refractivity contribution is 0.671. The van der Waals surface area contributed by atoms with Crippen molar-refractivity contribution in [3.8, 4) is 0 Å². The summed E-state index contributed by atoms with van der Waals surface area (Å²) in [6, 6.07) is 0. The minimum absolute atomic E-state index is 0.828. The summed E-state index contributed by atoms with van der Waals surface area (Å²) >= 11 is 0. The van der Waals surface area contributed by atoms with Gasteiger partial charge in [-0.05, 0) is 19.9 Å². The van der Waals surface area contributed by atoms with Gasteiger partial charge in [0.05, 0.1) is 0 Å². The lowest BCUT2D eigenvalue weighted by Crippen LogP contribution is -2.14. The van der Waals surface area contributed by atoms with Crippen LogP contribution < -0.4 is 5.32 Å². The second kappa shape index (κ2) is 4.83.